The van der Waals surface area contributed by atoms with E-state index in [0.29, 0.717) is 18.5 Å². The largest absolute Gasteiger partial charge is 0.481 e. The zero-order valence-corrected chi connectivity index (χ0v) is 13.1. The molecule has 1 atom stereocenters. The van der Waals surface area contributed by atoms with E-state index in [4.69, 9.17) is 0 Å². The van der Waals surface area contributed by atoms with Gasteiger partial charge in [0.25, 0.3) is 0 Å². The molecular weight excluding hydrogens is 238 g/mol. The molecule has 0 aromatic heterocycles. The first-order valence-electron chi connectivity index (χ1n) is 7.86. The van der Waals surface area contributed by atoms with Crippen LogP contribution in [0.15, 0.2) is 0 Å². The molecule has 1 rings (SSSR count). The summed E-state index contributed by atoms with van der Waals surface area (Å²) in [4.78, 5) is 14.1. The van der Waals surface area contributed by atoms with Gasteiger partial charge in [0.1, 0.15) is 0 Å². The molecule has 0 amide bonds. The van der Waals surface area contributed by atoms with Gasteiger partial charge in [0.15, 0.2) is 0 Å². The second kappa shape index (κ2) is 7.28. The summed E-state index contributed by atoms with van der Waals surface area (Å²) in [6, 6.07) is 0.609. The summed E-state index contributed by atoms with van der Waals surface area (Å²) in [5.74, 6) is -0.0404. The predicted octanol–water partition coefficient (Wildman–Crippen LogP) is 3.78. The van der Waals surface area contributed by atoms with Gasteiger partial charge in [-0.05, 0) is 32.1 Å². The van der Waals surface area contributed by atoms with Crippen molar-refractivity contribution in [3.63, 3.8) is 0 Å². The van der Waals surface area contributed by atoms with Crippen LogP contribution in [0.4, 0.5) is 0 Å². The van der Waals surface area contributed by atoms with E-state index in [1.807, 2.05) is 6.92 Å². The highest BCUT2D eigenvalue weighted by molar-refractivity contribution is 5.74. The van der Waals surface area contributed by atoms with Crippen molar-refractivity contribution in [1.29, 1.82) is 0 Å². The van der Waals surface area contributed by atoms with E-state index < -0.39 is 11.4 Å². The number of nitrogens with zero attached hydrogens (tertiary/aromatic N) is 1. The fraction of sp³-hybridized carbons (Fsp3) is 0.938. The van der Waals surface area contributed by atoms with Gasteiger partial charge in [0.2, 0.25) is 0 Å². The van der Waals surface area contributed by atoms with E-state index in [0.717, 1.165) is 19.4 Å². The minimum atomic E-state index is -0.638. The van der Waals surface area contributed by atoms with Gasteiger partial charge in [0.05, 0.1) is 5.41 Å². The Bertz CT molecular complexity index is 284. The zero-order valence-electron chi connectivity index (χ0n) is 13.1. The van der Waals surface area contributed by atoms with Crippen LogP contribution in [0.5, 0.6) is 0 Å². The van der Waals surface area contributed by atoms with E-state index in [2.05, 4.69) is 25.7 Å². The van der Waals surface area contributed by atoms with Crippen LogP contribution in [0.1, 0.15) is 66.2 Å². The quantitative estimate of drug-likeness (QED) is 0.729. The molecule has 0 aromatic rings. The summed E-state index contributed by atoms with van der Waals surface area (Å²) in [5.41, 5.74) is -0.591. The molecule has 3 nitrogen and oxygen atoms in total. The normalized spacial score (nSPS) is 20.1. The molecule has 0 heterocycles. The molecule has 1 aliphatic carbocycles. The third kappa shape index (κ3) is 4.79. The molecule has 0 spiro atoms. The molecule has 1 unspecified atom stereocenters. The molecule has 112 valence electrons. The maximum absolute atomic E-state index is 11.6. The lowest BCUT2D eigenvalue weighted by Crippen LogP contribution is -2.46. The summed E-state index contributed by atoms with van der Waals surface area (Å²) >= 11 is 0. The van der Waals surface area contributed by atoms with Crippen molar-refractivity contribution in [2.45, 2.75) is 72.3 Å². The Morgan fingerprint density at radius 2 is 1.95 bits per heavy atom. The summed E-state index contributed by atoms with van der Waals surface area (Å²) in [6.45, 7) is 10.2. The Kier molecular flexibility index (Phi) is 6.31. The summed E-state index contributed by atoms with van der Waals surface area (Å²) in [7, 11) is 0. The number of carboxylic acid groups (broad SMARTS) is 1. The van der Waals surface area contributed by atoms with Crippen LogP contribution in [0.2, 0.25) is 0 Å². The molecule has 0 bridgehead atoms. The van der Waals surface area contributed by atoms with Crippen LogP contribution in [0.25, 0.3) is 0 Å². The molecule has 19 heavy (non-hydrogen) atoms. The average Bonchev–Trinajstić information content (AvgIpc) is 2.80. The molecule has 1 N–H and O–H groups in total. The van der Waals surface area contributed by atoms with E-state index in [9.17, 15) is 9.90 Å². The number of hydrogen-bond acceptors (Lipinski definition) is 2. The molecule has 0 aromatic carbocycles. The molecule has 1 fully saturated rings. The second-order valence-electron chi connectivity index (χ2n) is 6.88. The molecular formula is C16H31NO2. The first kappa shape index (κ1) is 16.5. The topological polar surface area (TPSA) is 40.5 Å². The zero-order chi connectivity index (χ0) is 14.5. The first-order chi connectivity index (χ1) is 8.89. The van der Waals surface area contributed by atoms with Crippen molar-refractivity contribution < 1.29 is 9.90 Å². The van der Waals surface area contributed by atoms with Crippen LogP contribution in [-0.4, -0.2) is 35.1 Å². The average molecular weight is 269 g/mol. The lowest BCUT2D eigenvalue weighted by molar-refractivity contribution is -0.150. The third-order valence-corrected chi connectivity index (χ3v) is 4.31. The van der Waals surface area contributed by atoms with Gasteiger partial charge in [-0.15, -0.1) is 0 Å². The minimum Gasteiger partial charge on any atom is -0.481 e. The molecule has 0 saturated heterocycles. The van der Waals surface area contributed by atoms with Crippen molar-refractivity contribution in [2.75, 3.05) is 13.1 Å². The van der Waals surface area contributed by atoms with Gasteiger partial charge in [-0.3, -0.25) is 9.69 Å². The number of carbonyl (C=O) groups is 1. The van der Waals surface area contributed by atoms with Crippen molar-refractivity contribution in [3.8, 4) is 0 Å². The van der Waals surface area contributed by atoms with Crippen molar-refractivity contribution in [2.24, 2.45) is 11.3 Å². The third-order valence-electron chi connectivity index (χ3n) is 4.31. The predicted molar refractivity (Wildman–Crippen MR) is 79.3 cm³/mol. The Hall–Kier alpha value is -0.570. The molecule has 3 heteroatoms. The van der Waals surface area contributed by atoms with Crippen molar-refractivity contribution in [3.05, 3.63) is 0 Å². The summed E-state index contributed by atoms with van der Waals surface area (Å²) in [5, 5.41) is 9.56. The number of hydrogen-bond donors (Lipinski definition) is 1. The maximum Gasteiger partial charge on any atom is 0.310 e. The molecule has 0 aliphatic heterocycles. The van der Waals surface area contributed by atoms with Gasteiger partial charge >= 0.3 is 5.97 Å². The Morgan fingerprint density at radius 1 is 1.37 bits per heavy atom. The smallest absolute Gasteiger partial charge is 0.310 e. The Labute approximate surface area is 118 Å². The number of aliphatic carboxylic acids is 1. The van der Waals surface area contributed by atoms with Gasteiger partial charge < -0.3 is 5.11 Å². The second-order valence-corrected chi connectivity index (χ2v) is 6.88. The summed E-state index contributed by atoms with van der Waals surface area (Å²) in [6.07, 6.45) is 6.80. The van der Waals surface area contributed by atoms with Gasteiger partial charge in [-0.25, -0.2) is 0 Å². The summed E-state index contributed by atoms with van der Waals surface area (Å²) < 4.78 is 0. The van der Waals surface area contributed by atoms with Gasteiger partial charge in [0, 0.05) is 19.1 Å². The van der Waals surface area contributed by atoms with Gasteiger partial charge in [-0.1, -0.05) is 40.0 Å². The maximum atomic E-state index is 11.6. The SMILES string of the molecule is CCCC(C)(CN(CC(C)C)C1CCCC1)C(=O)O. The number of carboxylic acids is 1. The van der Waals surface area contributed by atoms with Crippen LogP contribution in [-0.2, 0) is 4.79 Å². The molecule has 0 radical (unpaired) electrons. The van der Waals surface area contributed by atoms with Crippen LogP contribution >= 0.6 is 0 Å². The standard InChI is InChI=1S/C16H31NO2/c1-5-10-16(4,15(18)19)12-17(11-13(2)3)14-8-6-7-9-14/h13-14H,5-12H2,1-4H3,(H,18,19). The van der Waals surface area contributed by atoms with Crippen molar-refractivity contribution in [1.82, 2.24) is 4.90 Å². The lowest BCUT2D eigenvalue weighted by Gasteiger charge is -2.37. The minimum absolute atomic E-state index is 0.591. The molecule has 1 saturated carbocycles. The lowest BCUT2D eigenvalue weighted by atomic mass is 9.84. The van der Waals surface area contributed by atoms with Crippen LogP contribution in [0, 0.1) is 11.3 Å². The highest BCUT2D eigenvalue weighted by atomic mass is 16.4. The highest BCUT2D eigenvalue weighted by Gasteiger charge is 2.36. The van der Waals surface area contributed by atoms with E-state index in [-0.39, 0.29) is 0 Å². The van der Waals surface area contributed by atoms with Crippen molar-refractivity contribution >= 4 is 5.97 Å². The van der Waals surface area contributed by atoms with Crippen LogP contribution in [0.3, 0.4) is 0 Å². The molecule has 1 aliphatic rings. The monoisotopic (exact) mass is 269 g/mol. The van der Waals surface area contributed by atoms with E-state index in [1.165, 1.54) is 25.7 Å². The highest BCUT2D eigenvalue weighted by Crippen LogP contribution is 2.31. The Morgan fingerprint density at radius 3 is 2.37 bits per heavy atom. The fourth-order valence-corrected chi connectivity index (χ4v) is 3.33. The Balaban J connectivity index is 2.75. The van der Waals surface area contributed by atoms with Gasteiger partial charge in [-0.2, -0.15) is 0 Å². The van der Waals surface area contributed by atoms with E-state index in [1.54, 1.807) is 0 Å². The number of rotatable bonds is 8. The van der Waals surface area contributed by atoms with E-state index >= 15 is 0 Å². The fourth-order valence-electron chi connectivity index (χ4n) is 3.33. The first-order valence-corrected chi connectivity index (χ1v) is 7.86. The van der Waals surface area contributed by atoms with Crippen LogP contribution < -0.4 is 0 Å².